The van der Waals surface area contributed by atoms with Crippen molar-refractivity contribution in [2.45, 2.75) is 13.5 Å². The number of carbonyl (C=O) groups excluding carboxylic acids is 1. The van der Waals surface area contributed by atoms with E-state index in [1.165, 1.54) is 0 Å². The number of amides is 1. The van der Waals surface area contributed by atoms with Crippen molar-refractivity contribution in [3.8, 4) is 17.2 Å². The molecule has 0 spiro atoms. The average molecular weight is 441 g/mol. The molecule has 10 nitrogen and oxygen atoms in total. The largest absolute Gasteiger partial charge is 0.340 e. The van der Waals surface area contributed by atoms with E-state index in [2.05, 4.69) is 60.8 Å². The van der Waals surface area contributed by atoms with Gasteiger partial charge in [0.15, 0.2) is 0 Å². The smallest absolute Gasteiger partial charge is 0.219 e. The number of rotatable bonds is 4. The van der Waals surface area contributed by atoms with Crippen LogP contribution < -0.4 is 0 Å². The zero-order valence-corrected chi connectivity index (χ0v) is 18.2. The number of piperazine rings is 1. The molecule has 1 fully saturated rings. The molecule has 1 saturated heterocycles. The van der Waals surface area contributed by atoms with Crippen LogP contribution in [0.2, 0.25) is 0 Å². The van der Waals surface area contributed by atoms with Gasteiger partial charge in [-0.25, -0.2) is 4.68 Å². The molecule has 0 atom stereocenters. The molecule has 0 radical (unpaired) electrons. The van der Waals surface area contributed by atoms with Crippen LogP contribution in [0, 0.1) is 0 Å². The number of hydrogen-bond acceptors (Lipinski definition) is 6. The SMILES string of the molecule is CC(=O)N1CCN(Cc2nn(-c3cc4ccccc4[nH]3)c3cc(-c4nn[nH]n4)ccc23)CC1. The summed E-state index contributed by atoms with van der Waals surface area (Å²) in [5.74, 6) is 1.58. The Kier molecular flexibility index (Phi) is 4.65. The molecule has 1 aliphatic heterocycles. The summed E-state index contributed by atoms with van der Waals surface area (Å²) in [6, 6.07) is 16.4. The molecule has 0 bridgehead atoms. The predicted molar refractivity (Wildman–Crippen MR) is 124 cm³/mol. The van der Waals surface area contributed by atoms with Gasteiger partial charge in [-0.3, -0.25) is 9.69 Å². The number of carbonyl (C=O) groups is 1. The van der Waals surface area contributed by atoms with Gasteiger partial charge in [-0.1, -0.05) is 30.3 Å². The van der Waals surface area contributed by atoms with Gasteiger partial charge >= 0.3 is 0 Å². The summed E-state index contributed by atoms with van der Waals surface area (Å²) in [5, 5.41) is 21.7. The van der Waals surface area contributed by atoms with Crippen LogP contribution in [-0.4, -0.2) is 77.3 Å². The predicted octanol–water partition coefficient (Wildman–Crippen LogP) is 2.35. The standard InChI is InChI=1S/C23H23N9O/c1-15(33)31-10-8-30(9-11-31)14-20-18-7-6-17(23-25-28-29-26-23)12-21(18)32(27-20)22-13-16-4-2-3-5-19(16)24-22/h2-7,12-13,24H,8-11,14H2,1H3,(H,25,26,28,29). The lowest BCUT2D eigenvalue weighted by atomic mass is 10.1. The van der Waals surface area contributed by atoms with Crippen LogP contribution in [0.4, 0.5) is 0 Å². The lowest BCUT2D eigenvalue weighted by Gasteiger charge is -2.33. The van der Waals surface area contributed by atoms with Gasteiger partial charge in [0.1, 0.15) is 5.82 Å². The number of nitrogens with zero attached hydrogens (tertiary/aromatic N) is 7. The quantitative estimate of drug-likeness (QED) is 0.443. The fourth-order valence-corrected chi connectivity index (χ4v) is 4.51. The van der Waals surface area contributed by atoms with Gasteiger partial charge in [-0.05, 0) is 23.4 Å². The van der Waals surface area contributed by atoms with Crippen molar-refractivity contribution in [3.63, 3.8) is 0 Å². The van der Waals surface area contributed by atoms with E-state index in [1.54, 1.807) is 6.92 Å². The highest BCUT2D eigenvalue weighted by Gasteiger charge is 2.22. The number of tetrazole rings is 1. The maximum atomic E-state index is 11.7. The average Bonchev–Trinajstić information content (AvgIpc) is 3.58. The zero-order chi connectivity index (χ0) is 22.4. The van der Waals surface area contributed by atoms with E-state index in [4.69, 9.17) is 5.10 Å². The van der Waals surface area contributed by atoms with Crippen LogP contribution in [0.5, 0.6) is 0 Å². The number of H-pyrrole nitrogens is 2. The third-order valence-corrected chi connectivity index (χ3v) is 6.30. The molecule has 2 N–H and O–H groups in total. The summed E-state index contributed by atoms with van der Waals surface area (Å²) in [6.45, 7) is 5.52. The Bertz CT molecular complexity index is 1410. The summed E-state index contributed by atoms with van der Waals surface area (Å²) in [7, 11) is 0. The van der Waals surface area contributed by atoms with Crippen molar-refractivity contribution in [2.75, 3.05) is 26.2 Å². The number of aromatic amines is 2. The number of hydrogen-bond donors (Lipinski definition) is 2. The minimum absolute atomic E-state index is 0.136. The van der Waals surface area contributed by atoms with Crippen molar-refractivity contribution >= 4 is 27.7 Å². The van der Waals surface area contributed by atoms with Crippen LogP contribution in [-0.2, 0) is 11.3 Å². The minimum atomic E-state index is 0.136. The first-order chi connectivity index (χ1) is 16.2. The van der Waals surface area contributed by atoms with Gasteiger partial charge in [0, 0.05) is 61.5 Å². The highest BCUT2D eigenvalue weighted by molar-refractivity contribution is 5.88. The lowest BCUT2D eigenvalue weighted by molar-refractivity contribution is -0.130. The summed E-state index contributed by atoms with van der Waals surface area (Å²) in [5.41, 5.74) is 3.91. The second kappa shape index (κ2) is 7.82. The van der Waals surface area contributed by atoms with Gasteiger partial charge in [0.05, 0.1) is 11.2 Å². The Hall–Kier alpha value is -4.05. The maximum absolute atomic E-state index is 11.7. The maximum Gasteiger partial charge on any atom is 0.219 e. The summed E-state index contributed by atoms with van der Waals surface area (Å²) < 4.78 is 1.96. The first kappa shape index (κ1) is 19.6. The summed E-state index contributed by atoms with van der Waals surface area (Å²) in [6.07, 6.45) is 0. The van der Waals surface area contributed by atoms with E-state index in [1.807, 2.05) is 27.8 Å². The first-order valence-corrected chi connectivity index (χ1v) is 11.0. The number of para-hydroxylation sites is 1. The van der Waals surface area contributed by atoms with E-state index in [9.17, 15) is 4.79 Å². The molecule has 5 aromatic rings. The van der Waals surface area contributed by atoms with Crippen LogP contribution in [0.1, 0.15) is 12.6 Å². The molecule has 3 aromatic heterocycles. The van der Waals surface area contributed by atoms with Crippen molar-refractivity contribution in [1.29, 1.82) is 0 Å². The van der Waals surface area contributed by atoms with Gasteiger partial charge < -0.3 is 9.88 Å². The molecular weight excluding hydrogens is 418 g/mol. The van der Waals surface area contributed by atoms with E-state index >= 15 is 0 Å². The molecule has 4 heterocycles. The van der Waals surface area contributed by atoms with E-state index in [-0.39, 0.29) is 5.91 Å². The van der Waals surface area contributed by atoms with Gasteiger partial charge in [-0.2, -0.15) is 10.3 Å². The normalized spacial score (nSPS) is 15.0. The molecule has 0 unspecified atom stereocenters. The number of aromatic nitrogens is 7. The van der Waals surface area contributed by atoms with Gasteiger partial charge in [0.25, 0.3) is 0 Å². The van der Waals surface area contributed by atoms with Gasteiger partial charge in [-0.15, -0.1) is 10.2 Å². The summed E-state index contributed by atoms with van der Waals surface area (Å²) >= 11 is 0. The molecule has 2 aromatic carbocycles. The zero-order valence-electron chi connectivity index (χ0n) is 18.2. The third-order valence-electron chi connectivity index (χ3n) is 6.30. The highest BCUT2D eigenvalue weighted by atomic mass is 16.2. The number of benzene rings is 2. The summed E-state index contributed by atoms with van der Waals surface area (Å²) in [4.78, 5) is 19.4. The van der Waals surface area contributed by atoms with E-state index < -0.39 is 0 Å². The molecular formula is C23H23N9O. The number of fused-ring (bicyclic) bond motifs is 2. The Morgan fingerprint density at radius 1 is 1.06 bits per heavy atom. The fourth-order valence-electron chi connectivity index (χ4n) is 4.51. The molecule has 6 rings (SSSR count). The van der Waals surface area contributed by atoms with Crippen LogP contribution in [0.25, 0.3) is 39.0 Å². The Morgan fingerprint density at radius 3 is 2.67 bits per heavy atom. The van der Waals surface area contributed by atoms with E-state index in [0.717, 1.165) is 71.6 Å². The van der Waals surface area contributed by atoms with Crippen LogP contribution >= 0.6 is 0 Å². The number of nitrogens with one attached hydrogen (secondary N) is 2. The second-order valence-electron chi connectivity index (χ2n) is 8.35. The van der Waals surface area contributed by atoms with Crippen LogP contribution in [0.15, 0.2) is 48.5 Å². The minimum Gasteiger partial charge on any atom is -0.340 e. The molecule has 0 aliphatic carbocycles. The second-order valence-corrected chi connectivity index (χ2v) is 8.35. The van der Waals surface area contributed by atoms with Gasteiger partial charge in [0.2, 0.25) is 11.7 Å². The van der Waals surface area contributed by atoms with Crippen molar-refractivity contribution in [3.05, 3.63) is 54.2 Å². The van der Waals surface area contributed by atoms with Crippen molar-refractivity contribution < 1.29 is 4.79 Å². The van der Waals surface area contributed by atoms with Crippen LogP contribution in [0.3, 0.4) is 0 Å². The first-order valence-electron chi connectivity index (χ1n) is 11.0. The molecule has 1 amide bonds. The topological polar surface area (TPSA) is 112 Å². The Labute approximate surface area is 189 Å². The van der Waals surface area contributed by atoms with Crippen molar-refractivity contribution in [1.82, 2.24) is 45.2 Å². The third kappa shape index (κ3) is 3.54. The van der Waals surface area contributed by atoms with E-state index in [0.29, 0.717) is 5.82 Å². The molecule has 10 heteroatoms. The monoisotopic (exact) mass is 441 g/mol. The molecule has 1 aliphatic rings. The Balaban J connectivity index is 1.41. The lowest BCUT2D eigenvalue weighted by Crippen LogP contribution is -2.47. The van der Waals surface area contributed by atoms with Crippen molar-refractivity contribution in [2.24, 2.45) is 0 Å². The Morgan fingerprint density at radius 2 is 1.91 bits per heavy atom. The molecule has 33 heavy (non-hydrogen) atoms. The molecule has 0 saturated carbocycles. The molecule has 166 valence electrons. The fraction of sp³-hybridized carbons (Fsp3) is 0.261. The highest BCUT2D eigenvalue weighted by Crippen LogP contribution is 2.28.